The van der Waals surface area contributed by atoms with Gasteiger partial charge in [0, 0.05) is 36.9 Å². The average Bonchev–Trinajstić information content (AvgIpc) is 3.04. The fourth-order valence-corrected chi connectivity index (χ4v) is 4.93. The van der Waals surface area contributed by atoms with E-state index in [1.54, 1.807) is 12.4 Å². The van der Waals surface area contributed by atoms with Crippen LogP contribution in [0.25, 0.3) is 0 Å². The first kappa shape index (κ1) is 16.5. The van der Waals surface area contributed by atoms with Crippen molar-refractivity contribution in [2.45, 2.75) is 30.8 Å². The third-order valence-electron chi connectivity index (χ3n) is 4.62. The van der Waals surface area contributed by atoms with Crippen molar-refractivity contribution in [1.82, 2.24) is 19.9 Å². The topological polar surface area (TPSA) is 68.2 Å². The fourth-order valence-electron chi connectivity index (χ4n) is 3.38. The van der Waals surface area contributed by atoms with Gasteiger partial charge in [-0.3, -0.25) is 14.8 Å². The Kier molecular flexibility index (Phi) is 4.43. The monoisotopic (exact) mass is 356 g/mol. The number of carbonyl (C=O) groups is 1. The second-order valence-corrected chi connectivity index (χ2v) is 8.14. The molecule has 1 unspecified atom stereocenters. The standard InChI is InChI=1S/C18H20N4O2S/c1-13-3-2-4-14(21-13)9-24-15-7-18(25-10-15)11-22(12-18)17(23)16-8-19-5-6-20-16/h2-6,8,15H,7,9-12H2,1H3. The molecule has 2 fully saturated rings. The molecule has 0 aliphatic carbocycles. The van der Waals surface area contributed by atoms with Crippen molar-refractivity contribution in [3.8, 4) is 0 Å². The van der Waals surface area contributed by atoms with Crippen molar-refractivity contribution in [3.63, 3.8) is 0 Å². The van der Waals surface area contributed by atoms with Crippen LogP contribution in [0, 0.1) is 6.92 Å². The Morgan fingerprint density at radius 1 is 1.40 bits per heavy atom. The lowest BCUT2D eigenvalue weighted by Gasteiger charge is -2.47. The molecular weight excluding hydrogens is 336 g/mol. The number of amides is 1. The summed E-state index contributed by atoms with van der Waals surface area (Å²) in [5, 5.41) is 0. The second kappa shape index (κ2) is 6.72. The molecule has 25 heavy (non-hydrogen) atoms. The Hall–Kier alpha value is -1.99. The molecule has 2 aromatic rings. The number of aryl methyl sites for hydroxylation is 1. The van der Waals surface area contributed by atoms with Crippen LogP contribution in [-0.2, 0) is 11.3 Å². The third-order valence-corrected chi connectivity index (χ3v) is 6.19. The van der Waals surface area contributed by atoms with E-state index in [0.717, 1.165) is 36.7 Å². The lowest BCUT2D eigenvalue weighted by atomic mass is 9.92. The van der Waals surface area contributed by atoms with E-state index in [2.05, 4.69) is 15.0 Å². The molecule has 0 N–H and O–H groups in total. The van der Waals surface area contributed by atoms with Gasteiger partial charge in [0.25, 0.3) is 5.91 Å². The van der Waals surface area contributed by atoms with E-state index in [9.17, 15) is 4.79 Å². The van der Waals surface area contributed by atoms with Crippen LogP contribution in [0.2, 0.25) is 0 Å². The molecule has 0 radical (unpaired) electrons. The quantitative estimate of drug-likeness (QED) is 0.836. The zero-order valence-electron chi connectivity index (χ0n) is 14.1. The summed E-state index contributed by atoms with van der Waals surface area (Å²) in [6.07, 6.45) is 5.85. The molecule has 1 spiro atoms. The van der Waals surface area contributed by atoms with E-state index in [0.29, 0.717) is 12.3 Å². The van der Waals surface area contributed by atoms with Crippen LogP contribution >= 0.6 is 11.8 Å². The molecule has 0 aromatic carbocycles. The molecule has 4 heterocycles. The highest BCUT2D eigenvalue weighted by Gasteiger charge is 2.51. The number of ether oxygens (including phenoxy) is 1. The molecule has 7 heteroatoms. The van der Waals surface area contributed by atoms with Gasteiger partial charge in [0.05, 0.1) is 29.3 Å². The van der Waals surface area contributed by atoms with Gasteiger partial charge in [-0.05, 0) is 25.5 Å². The van der Waals surface area contributed by atoms with E-state index >= 15 is 0 Å². The van der Waals surface area contributed by atoms with Gasteiger partial charge < -0.3 is 9.64 Å². The minimum Gasteiger partial charge on any atom is -0.371 e. The second-order valence-electron chi connectivity index (χ2n) is 6.65. The molecule has 130 valence electrons. The van der Waals surface area contributed by atoms with Crippen LogP contribution < -0.4 is 0 Å². The first-order chi connectivity index (χ1) is 12.1. The molecule has 0 saturated carbocycles. The molecule has 1 amide bonds. The molecule has 6 nitrogen and oxygen atoms in total. The van der Waals surface area contributed by atoms with Crippen molar-refractivity contribution < 1.29 is 9.53 Å². The normalized spacial score (nSPS) is 21.3. The fraction of sp³-hybridized carbons (Fsp3) is 0.444. The summed E-state index contributed by atoms with van der Waals surface area (Å²) >= 11 is 1.92. The summed E-state index contributed by atoms with van der Waals surface area (Å²) in [5.74, 6) is 0.937. The van der Waals surface area contributed by atoms with E-state index in [-0.39, 0.29) is 16.8 Å². The Labute approximate surface area is 151 Å². The van der Waals surface area contributed by atoms with Crippen LogP contribution in [0.4, 0.5) is 0 Å². The number of nitrogens with zero attached hydrogens (tertiary/aromatic N) is 4. The maximum absolute atomic E-state index is 12.4. The highest BCUT2D eigenvalue weighted by molar-refractivity contribution is 8.01. The largest absolute Gasteiger partial charge is 0.371 e. The minimum absolute atomic E-state index is 0.0346. The number of hydrogen-bond donors (Lipinski definition) is 0. The summed E-state index contributed by atoms with van der Waals surface area (Å²) in [4.78, 5) is 26.7. The zero-order chi connectivity index (χ0) is 17.3. The average molecular weight is 356 g/mol. The van der Waals surface area contributed by atoms with E-state index in [1.807, 2.05) is 41.8 Å². The highest BCUT2D eigenvalue weighted by atomic mass is 32.2. The van der Waals surface area contributed by atoms with Crippen LogP contribution in [0.15, 0.2) is 36.8 Å². The number of pyridine rings is 1. The van der Waals surface area contributed by atoms with Crippen molar-refractivity contribution >= 4 is 17.7 Å². The summed E-state index contributed by atoms with van der Waals surface area (Å²) < 4.78 is 6.19. The Morgan fingerprint density at radius 3 is 3.04 bits per heavy atom. The van der Waals surface area contributed by atoms with Crippen molar-refractivity contribution in [1.29, 1.82) is 0 Å². The first-order valence-electron chi connectivity index (χ1n) is 8.37. The molecule has 2 aromatic heterocycles. The van der Waals surface area contributed by atoms with Crippen LogP contribution in [0.3, 0.4) is 0 Å². The number of hydrogen-bond acceptors (Lipinski definition) is 6. The lowest BCUT2D eigenvalue weighted by Crippen LogP contribution is -2.60. The molecule has 0 bridgehead atoms. The van der Waals surface area contributed by atoms with Gasteiger partial charge in [-0.2, -0.15) is 0 Å². The minimum atomic E-state index is -0.0346. The summed E-state index contributed by atoms with van der Waals surface area (Å²) in [7, 11) is 0. The molecular formula is C18H20N4O2S. The van der Waals surface area contributed by atoms with Gasteiger partial charge in [0.2, 0.25) is 0 Å². The van der Waals surface area contributed by atoms with E-state index in [1.165, 1.54) is 6.20 Å². The summed E-state index contributed by atoms with van der Waals surface area (Å²) in [6.45, 7) is 4.05. The molecule has 1 atom stereocenters. The van der Waals surface area contributed by atoms with Gasteiger partial charge in [-0.1, -0.05) is 6.07 Å². The van der Waals surface area contributed by atoms with Gasteiger partial charge in [0.1, 0.15) is 5.69 Å². The zero-order valence-corrected chi connectivity index (χ0v) is 14.9. The molecule has 2 aliphatic rings. The van der Waals surface area contributed by atoms with Crippen molar-refractivity contribution in [3.05, 3.63) is 53.9 Å². The van der Waals surface area contributed by atoms with Gasteiger partial charge in [-0.15, -0.1) is 11.8 Å². The van der Waals surface area contributed by atoms with Crippen LogP contribution in [-0.4, -0.2) is 55.5 Å². The maximum Gasteiger partial charge on any atom is 0.274 e. The Morgan fingerprint density at radius 2 is 2.28 bits per heavy atom. The third kappa shape index (κ3) is 3.52. The highest BCUT2D eigenvalue weighted by Crippen LogP contribution is 2.46. The van der Waals surface area contributed by atoms with Gasteiger partial charge in [0.15, 0.2) is 0 Å². The number of rotatable bonds is 4. The number of thioether (sulfide) groups is 1. The lowest BCUT2D eigenvalue weighted by molar-refractivity contribution is 0.0242. The van der Waals surface area contributed by atoms with Gasteiger partial charge >= 0.3 is 0 Å². The summed E-state index contributed by atoms with van der Waals surface area (Å²) in [6, 6.07) is 5.99. The number of carbonyl (C=O) groups excluding carboxylic acids is 1. The Balaban J connectivity index is 1.28. The molecule has 4 rings (SSSR count). The summed E-state index contributed by atoms with van der Waals surface area (Å²) in [5.41, 5.74) is 2.40. The molecule has 2 saturated heterocycles. The van der Waals surface area contributed by atoms with Crippen LogP contribution in [0.5, 0.6) is 0 Å². The number of aromatic nitrogens is 3. The molecule has 2 aliphatic heterocycles. The van der Waals surface area contributed by atoms with E-state index in [4.69, 9.17) is 4.74 Å². The predicted molar refractivity (Wildman–Crippen MR) is 95.3 cm³/mol. The van der Waals surface area contributed by atoms with Crippen molar-refractivity contribution in [2.75, 3.05) is 18.8 Å². The maximum atomic E-state index is 12.4. The Bertz CT molecular complexity index is 765. The van der Waals surface area contributed by atoms with Gasteiger partial charge in [-0.25, -0.2) is 4.98 Å². The smallest absolute Gasteiger partial charge is 0.274 e. The van der Waals surface area contributed by atoms with Crippen LogP contribution in [0.1, 0.15) is 28.3 Å². The van der Waals surface area contributed by atoms with E-state index < -0.39 is 0 Å². The predicted octanol–water partition coefficient (Wildman–Crippen LogP) is 2.10. The van der Waals surface area contributed by atoms with Crippen molar-refractivity contribution in [2.24, 2.45) is 0 Å². The number of likely N-dealkylation sites (tertiary alicyclic amines) is 1. The SMILES string of the molecule is Cc1cccc(COC2CSC3(C2)CN(C(=O)c2cnccn2)C3)n1. The first-order valence-corrected chi connectivity index (χ1v) is 9.36.